The van der Waals surface area contributed by atoms with E-state index in [1.165, 1.54) is 0 Å². The third-order valence-corrected chi connectivity index (χ3v) is 1.03. The van der Waals surface area contributed by atoms with Gasteiger partial charge in [-0.1, -0.05) is 34.6 Å². The monoisotopic (exact) mass is 175 g/mol. The number of likely N-dealkylation sites (N-methyl/N-ethyl adjacent to an activating group) is 1. The Kier molecular flexibility index (Phi) is 10.8. The first-order chi connectivity index (χ1) is 5.56. The van der Waals surface area contributed by atoms with Crippen LogP contribution in [0.25, 0.3) is 0 Å². The van der Waals surface area contributed by atoms with E-state index in [1.54, 1.807) is 0 Å². The zero-order valence-electron chi connectivity index (χ0n) is 9.53. The van der Waals surface area contributed by atoms with Gasteiger partial charge >= 0.3 is 0 Å². The molecular weight excluding hydrogens is 150 g/mol. The van der Waals surface area contributed by atoms with Crippen LogP contribution in [0, 0.1) is 5.41 Å². The molecule has 0 aliphatic heterocycles. The maximum Gasteiger partial charge on any atom is 0.0591 e. The molecule has 0 rings (SSSR count). The second-order valence-corrected chi connectivity index (χ2v) is 3.72. The maximum absolute atomic E-state index is 5.38. The standard InChI is InChI=1S/C8H19NO.C2H6/c1-8(2,3)7-10-6-5-9-4;1-2/h9H,5-7H2,1-4H3;1-2H3. The van der Waals surface area contributed by atoms with Gasteiger partial charge in [-0.3, -0.25) is 0 Å². The van der Waals surface area contributed by atoms with Gasteiger partial charge in [0.25, 0.3) is 0 Å². The largest absolute Gasteiger partial charge is 0.380 e. The minimum atomic E-state index is 0.299. The summed E-state index contributed by atoms with van der Waals surface area (Å²) in [5.74, 6) is 0. The average molecular weight is 175 g/mol. The van der Waals surface area contributed by atoms with Gasteiger partial charge in [-0.25, -0.2) is 0 Å². The summed E-state index contributed by atoms with van der Waals surface area (Å²) >= 11 is 0. The summed E-state index contributed by atoms with van der Waals surface area (Å²) in [7, 11) is 1.93. The summed E-state index contributed by atoms with van der Waals surface area (Å²) in [4.78, 5) is 0. The molecule has 12 heavy (non-hydrogen) atoms. The molecule has 0 bridgehead atoms. The Morgan fingerprint density at radius 3 is 2.00 bits per heavy atom. The second-order valence-electron chi connectivity index (χ2n) is 3.72. The van der Waals surface area contributed by atoms with Crippen molar-refractivity contribution in [1.82, 2.24) is 5.32 Å². The summed E-state index contributed by atoms with van der Waals surface area (Å²) in [5.41, 5.74) is 0.299. The third kappa shape index (κ3) is 16.5. The molecular formula is C10H25NO. The Labute approximate surface area is 77.7 Å². The van der Waals surface area contributed by atoms with Gasteiger partial charge in [-0.05, 0) is 12.5 Å². The lowest BCUT2D eigenvalue weighted by Crippen LogP contribution is -2.20. The summed E-state index contributed by atoms with van der Waals surface area (Å²) in [6, 6.07) is 0. The van der Waals surface area contributed by atoms with E-state index in [1.807, 2.05) is 20.9 Å². The number of hydrogen-bond donors (Lipinski definition) is 1. The van der Waals surface area contributed by atoms with Crippen molar-refractivity contribution < 1.29 is 4.74 Å². The van der Waals surface area contributed by atoms with Crippen molar-refractivity contribution in [3.05, 3.63) is 0 Å². The van der Waals surface area contributed by atoms with Crippen molar-refractivity contribution in [2.24, 2.45) is 5.41 Å². The quantitative estimate of drug-likeness (QED) is 0.662. The summed E-state index contributed by atoms with van der Waals surface area (Å²) in [5, 5.41) is 3.03. The lowest BCUT2D eigenvalue weighted by atomic mass is 9.99. The Hall–Kier alpha value is -0.0800. The fraction of sp³-hybridized carbons (Fsp3) is 1.00. The smallest absolute Gasteiger partial charge is 0.0591 e. The molecule has 0 aliphatic rings. The maximum atomic E-state index is 5.38. The topological polar surface area (TPSA) is 21.3 Å². The first kappa shape index (κ1) is 14.4. The van der Waals surface area contributed by atoms with E-state index in [2.05, 4.69) is 26.1 Å². The van der Waals surface area contributed by atoms with Crippen LogP contribution in [0.1, 0.15) is 34.6 Å². The molecule has 0 aromatic rings. The first-order valence-electron chi connectivity index (χ1n) is 4.78. The lowest BCUT2D eigenvalue weighted by molar-refractivity contribution is 0.0738. The van der Waals surface area contributed by atoms with E-state index in [0.717, 1.165) is 19.8 Å². The normalized spacial score (nSPS) is 10.5. The van der Waals surface area contributed by atoms with Crippen LogP contribution in [-0.2, 0) is 4.74 Å². The molecule has 0 spiro atoms. The molecule has 0 radical (unpaired) electrons. The van der Waals surface area contributed by atoms with Gasteiger partial charge in [0.1, 0.15) is 0 Å². The van der Waals surface area contributed by atoms with E-state index in [0.29, 0.717) is 5.41 Å². The number of hydrogen-bond acceptors (Lipinski definition) is 2. The van der Waals surface area contributed by atoms with Crippen LogP contribution in [-0.4, -0.2) is 26.8 Å². The van der Waals surface area contributed by atoms with Gasteiger partial charge in [-0.2, -0.15) is 0 Å². The van der Waals surface area contributed by atoms with Crippen LogP contribution < -0.4 is 5.32 Å². The molecule has 0 unspecified atom stereocenters. The van der Waals surface area contributed by atoms with Gasteiger partial charge in [0.2, 0.25) is 0 Å². The van der Waals surface area contributed by atoms with Crippen LogP contribution in [0.2, 0.25) is 0 Å². The van der Waals surface area contributed by atoms with E-state index < -0.39 is 0 Å². The van der Waals surface area contributed by atoms with Gasteiger partial charge < -0.3 is 10.1 Å². The fourth-order valence-electron chi connectivity index (χ4n) is 0.553. The highest BCUT2D eigenvalue weighted by atomic mass is 16.5. The predicted molar refractivity (Wildman–Crippen MR) is 55.5 cm³/mol. The van der Waals surface area contributed by atoms with Crippen LogP contribution in [0.15, 0.2) is 0 Å². The highest BCUT2D eigenvalue weighted by Gasteiger charge is 2.08. The molecule has 0 saturated heterocycles. The zero-order chi connectivity index (χ0) is 10.0. The van der Waals surface area contributed by atoms with Gasteiger partial charge in [0, 0.05) is 6.54 Å². The Balaban J connectivity index is 0. The van der Waals surface area contributed by atoms with Crippen molar-refractivity contribution >= 4 is 0 Å². The van der Waals surface area contributed by atoms with Gasteiger partial charge in [0.05, 0.1) is 13.2 Å². The van der Waals surface area contributed by atoms with Crippen molar-refractivity contribution in [3.8, 4) is 0 Å². The third-order valence-electron chi connectivity index (χ3n) is 1.03. The summed E-state index contributed by atoms with van der Waals surface area (Å²) in [6.45, 7) is 13.1. The van der Waals surface area contributed by atoms with Crippen LogP contribution in [0.5, 0.6) is 0 Å². The first-order valence-corrected chi connectivity index (χ1v) is 4.78. The molecule has 0 fully saturated rings. The molecule has 2 heteroatoms. The average Bonchev–Trinajstić information content (AvgIpc) is 2.01. The zero-order valence-corrected chi connectivity index (χ0v) is 9.53. The predicted octanol–water partition coefficient (Wildman–Crippen LogP) is 2.29. The molecule has 0 saturated carbocycles. The van der Waals surface area contributed by atoms with Crippen molar-refractivity contribution in [2.45, 2.75) is 34.6 Å². The van der Waals surface area contributed by atoms with Crippen molar-refractivity contribution in [3.63, 3.8) is 0 Å². The highest BCUT2D eigenvalue weighted by Crippen LogP contribution is 2.12. The van der Waals surface area contributed by atoms with Gasteiger partial charge in [-0.15, -0.1) is 0 Å². The van der Waals surface area contributed by atoms with E-state index in [9.17, 15) is 0 Å². The number of rotatable bonds is 4. The Bertz CT molecular complexity index is 76.4. The van der Waals surface area contributed by atoms with Crippen LogP contribution in [0.3, 0.4) is 0 Å². The molecule has 0 atom stereocenters. The molecule has 76 valence electrons. The SMILES string of the molecule is CC.CNCCOCC(C)(C)C. The summed E-state index contributed by atoms with van der Waals surface area (Å²) in [6.07, 6.45) is 0. The van der Waals surface area contributed by atoms with E-state index in [-0.39, 0.29) is 0 Å². The summed E-state index contributed by atoms with van der Waals surface area (Å²) < 4.78 is 5.38. The lowest BCUT2D eigenvalue weighted by Gasteiger charge is -2.17. The van der Waals surface area contributed by atoms with Crippen molar-refractivity contribution in [2.75, 3.05) is 26.8 Å². The van der Waals surface area contributed by atoms with E-state index in [4.69, 9.17) is 4.74 Å². The van der Waals surface area contributed by atoms with Crippen LogP contribution >= 0.6 is 0 Å². The van der Waals surface area contributed by atoms with E-state index >= 15 is 0 Å². The fourth-order valence-corrected chi connectivity index (χ4v) is 0.553. The molecule has 0 aromatic carbocycles. The van der Waals surface area contributed by atoms with Gasteiger partial charge in [0.15, 0.2) is 0 Å². The molecule has 0 aliphatic carbocycles. The highest BCUT2D eigenvalue weighted by molar-refractivity contribution is 4.58. The van der Waals surface area contributed by atoms with Crippen LogP contribution in [0.4, 0.5) is 0 Å². The molecule has 2 nitrogen and oxygen atoms in total. The molecule has 1 N–H and O–H groups in total. The van der Waals surface area contributed by atoms with Crippen molar-refractivity contribution in [1.29, 1.82) is 0 Å². The second kappa shape index (κ2) is 9.01. The molecule has 0 aromatic heterocycles. The Morgan fingerprint density at radius 2 is 1.67 bits per heavy atom. The number of ether oxygens (including phenoxy) is 1. The minimum absolute atomic E-state index is 0.299. The molecule has 0 heterocycles. The molecule has 0 amide bonds. The Morgan fingerprint density at radius 1 is 1.17 bits per heavy atom. The minimum Gasteiger partial charge on any atom is -0.380 e. The number of nitrogens with one attached hydrogen (secondary N) is 1.